The van der Waals surface area contributed by atoms with E-state index in [-0.39, 0.29) is 34.9 Å². The molecule has 0 spiro atoms. The Hall–Kier alpha value is -4.69. The number of carboxylic acids is 1. The van der Waals surface area contributed by atoms with Crippen molar-refractivity contribution >= 4 is 51.2 Å². The molecule has 0 atom stereocenters. The van der Waals surface area contributed by atoms with Crippen LogP contribution in [0.15, 0.2) is 70.7 Å². The molecule has 0 aromatic heterocycles. The Kier molecular flexibility index (Phi) is 8.96. The number of carbonyl (C=O) groups excluding carboxylic acids is 2. The van der Waals surface area contributed by atoms with E-state index in [0.717, 1.165) is 0 Å². The van der Waals surface area contributed by atoms with Crippen LogP contribution in [0.4, 0.5) is 15.8 Å². The number of nitriles is 1. The van der Waals surface area contributed by atoms with E-state index in [1.54, 1.807) is 0 Å². The summed E-state index contributed by atoms with van der Waals surface area (Å²) in [7, 11) is 1.38. The first-order valence-electron chi connectivity index (χ1n) is 10.5. The van der Waals surface area contributed by atoms with Crippen molar-refractivity contribution < 1.29 is 33.4 Å². The lowest BCUT2D eigenvalue weighted by atomic mass is 10.1. The number of halogens is 2. The van der Waals surface area contributed by atoms with Crippen LogP contribution in [0.5, 0.6) is 11.5 Å². The van der Waals surface area contributed by atoms with Gasteiger partial charge in [0.05, 0.1) is 12.7 Å². The minimum absolute atomic E-state index is 0.0188. The summed E-state index contributed by atoms with van der Waals surface area (Å²) in [5.74, 6) is -2.36. The summed E-state index contributed by atoms with van der Waals surface area (Å²) in [6.45, 7) is -0.364. The van der Waals surface area contributed by atoms with Gasteiger partial charge < -0.3 is 25.2 Å². The van der Waals surface area contributed by atoms with Gasteiger partial charge in [0.1, 0.15) is 17.5 Å². The van der Waals surface area contributed by atoms with Gasteiger partial charge >= 0.3 is 5.97 Å². The average Bonchev–Trinajstić information content (AvgIpc) is 2.88. The van der Waals surface area contributed by atoms with E-state index in [0.29, 0.717) is 15.7 Å². The number of rotatable bonds is 9. The molecule has 3 rings (SSSR count). The third-order valence-electron chi connectivity index (χ3n) is 4.80. The molecular weight excluding hydrogens is 549 g/mol. The number of anilines is 2. The number of carbonyl (C=O) groups is 3. The molecule has 9 nitrogen and oxygen atoms in total. The summed E-state index contributed by atoms with van der Waals surface area (Å²) in [6, 6.07) is 15.7. The van der Waals surface area contributed by atoms with E-state index < -0.39 is 23.6 Å². The molecule has 0 heterocycles. The molecule has 0 unspecified atom stereocenters. The first kappa shape index (κ1) is 26.9. The molecule has 0 bridgehead atoms. The number of nitrogens with zero attached hydrogens (tertiary/aromatic N) is 1. The van der Waals surface area contributed by atoms with Crippen molar-refractivity contribution in [2.24, 2.45) is 0 Å². The smallest absolute Gasteiger partial charge is 0.335 e. The third-order valence-corrected chi connectivity index (χ3v) is 5.49. The van der Waals surface area contributed by atoms with E-state index in [9.17, 15) is 24.0 Å². The normalized spacial score (nSPS) is 10.7. The topological polar surface area (TPSA) is 138 Å². The van der Waals surface area contributed by atoms with Crippen molar-refractivity contribution in [2.45, 2.75) is 0 Å². The Morgan fingerprint density at radius 2 is 1.78 bits per heavy atom. The van der Waals surface area contributed by atoms with E-state index in [2.05, 4.69) is 26.6 Å². The molecule has 3 N–H and O–H groups in total. The third kappa shape index (κ3) is 7.39. The van der Waals surface area contributed by atoms with Crippen LogP contribution in [0.2, 0.25) is 0 Å². The van der Waals surface area contributed by atoms with Crippen molar-refractivity contribution in [3.63, 3.8) is 0 Å². The maximum absolute atomic E-state index is 13.0. The lowest BCUT2D eigenvalue weighted by molar-refractivity contribution is -0.118. The molecule has 0 saturated carbocycles. The highest BCUT2D eigenvalue weighted by Crippen LogP contribution is 2.34. The zero-order valence-corrected chi connectivity index (χ0v) is 20.8. The Morgan fingerprint density at radius 1 is 1.05 bits per heavy atom. The van der Waals surface area contributed by atoms with Gasteiger partial charge in [0, 0.05) is 15.8 Å². The van der Waals surface area contributed by atoms with E-state index in [1.165, 1.54) is 73.8 Å². The number of methoxy groups -OCH3 is 1. The fourth-order valence-corrected chi connectivity index (χ4v) is 3.48. The number of nitrogens with one attached hydrogen (secondary N) is 2. The summed E-state index contributed by atoms with van der Waals surface area (Å²) < 4.78 is 24.3. The molecule has 11 heteroatoms. The van der Waals surface area contributed by atoms with Crippen LogP contribution in [-0.4, -0.2) is 36.6 Å². The number of hydrogen-bond donors (Lipinski definition) is 3. The second-order valence-electron chi connectivity index (χ2n) is 7.38. The monoisotopic (exact) mass is 567 g/mol. The Morgan fingerprint density at radius 3 is 2.43 bits per heavy atom. The standard InChI is InChI=1S/C26H19BrFN3O6/c1-36-22-11-16(9-17(13-29)25(33)31-20-4-2-3-15(10-20)26(34)35)21(27)12-23(22)37-14-24(32)30-19-7-5-18(28)6-8-19/h2-12H,14H2,1H3,(H,30,32)(H,31,33)(H,34,35)/b17-9-. The first-order chi connectivity index (χ1) is 17.7. The molecule has 0 aliphatic rings. The highest BCUT2D eigenvalue weighted by atomic mass is 79.9. The average molecular weight is 568 g/mol. The second-order valence-corrected chi connectivity index (χ2v) is 8.23. The van der Waals surface area contributed by atoms with Gasteiger partial charge in [-0.15, -0.1) is 0 Å². The Bertz CT molecular complexity index is 1420. The molecule has 0 aliphatic carbocycles. The zero-order chi connectivity index (χ0) is 26.9. The fraction of sp³-hybridized carbons (Fsp3) is 0.0769. The number of amides is 2. The highest BCUT2D eigenvalue weighted by molar-refractivity contribution is 9.10. The van der Waals surface area contributed by atoms with Gasteiger partial charge in [-0.1, -0.05) is 22.0 Å². The van der Waals surface area contributed by atoms with Gasteiger partial charge in [0.2, 0.25) is 0 Å². The first-order valence-corrected chi connectivity index (χ1v) is 11.3. The van der Waals surface area contributed by atoms with Crippen LogP contribution in [0.25, 0.3) is 6.08 Å². The second kappa shape index (κ2) is 12.3. The summed E-state index contributed by atoms with van der Waals surface area (Å²) in [5, 5.41) is 23.7. The number of aromatic carboxylic acids is 1. The van der Waals surface area contributed by atoms with Crippen LogP contribution in [0.1, 0.15) is 15.9 Å². The number of ether oxygens (including phenoxy) is 2. The van der Waals surface area contributed by atoms with Gasteiger partial charge in [-0.2, -0.15) is 5.26 Å². The molecule has 2 amide bonds. The minimum Gasteiger partial charge on any atom is -0.493 e. The van der Waals surface area contributed by atoms with Crippen molar-refractivity contribution in [1.82, 2.24) is 0 Å². The molecule has 3 aromatic carbocycles. The maximum atomic E-state index is 13.0. The molecule has 0 fully saturated rings. The Labute approximate surface area is 219 Å². The highest BCUT2D eigenvalue weighted by Gasteiger charge is 2.15. The zero-order valence-electron chi connectivity index (χ0n) is 19.2. The molecule has 37 heavy (non-hydrogen) atoms. The fourth-order valence-electron chi connectivity index (χ4n) is 3.04. The van der Waals surface area contributed by atoms with Crippen LogP contribution in [0, 0.1) is 17.1 Å². The van der Waals surface area contributed by atoms with Gasteiger partial charge in [-0.05, 0) is 66.2 Å². The van der Waals surface area contributed by atoms with E-state index in [1.807, 2.05) is 6.07 Å². The van der Waals surface area contributed by atoms with Crippen LogP contribution in [0.3, 0.4) is 0 Å². The van der Waals surface area contributed by atoms with Gasteiger partial charge in [-0.25, -0.2) is 9.18 Å². The van der Waals surface area contributed by atoms with Crippen molar-refractivity contribution in [3.05, 3.63) is 87.7 Å². The van der Waals surface area contributed by atoms with Crippen LogP contribution < -0.4 is 20.1 Å². The quantitative estimate of drug-likeness (QED) is 0.248. The number of benzene rings is 3. The number of carboxylic acid groups (broad SMARTS) is 1. The lowest BCUT2D eigenvalue weighted by Crippen LogP contribution is -2.20. The van der Waals surface area contributed by atoms with Gasteiger partial charge in [0.15, 0.2) is 18.1 Å². The molecule has 3 aromatic rings. The van der Waals surface area contributed by atoms with Crippen molar-refractivity contribution in [1.29, 1.82) is 5.26 Å². The SMILES string of the molecule is COc1cc(/C=C(/C#N)C(=O)Nc2cccc(C(=O)O)c2)c(Br)cc1OCC(=O)Nc1ccc(F)cc1. The Balaban J connectivity index is 1.74. The molecule has 0 saturated heterocycles. The van der Waals surface area contributed by atoms with E-state index >= 15 is 0 Å². The van der Waals surface area contributed by atoms with E-state index in [4.69, 9.17) is 14.6 Å². The van der Waals surface area contributed by atoms with Crippen LogP contribution >= 0.6 is 15.9 Å². The van der Waals surface area contributed by atoms with Crippen LogP contribution in [-0.2, 0) is 9.59 Å². The molecular formula is C26H19BrFN3O6. The predicted octanol–water partition coefficient (Wildman–Crippen LogP) is 4.86. The number of hydrogen-bond acceptors (Lipinski definition) is 6. The summed E-state index contributed by atoms with van der Waals surface area (Å²) >= 11 is 3.35. The predicted molar refractivity (Wildman–Crippen MR) is 137 cm³/mol. The summed E-state index contributed by atoms with van der Waals surface area (Å²) in [5.41, 5.74) is 0.752. The van der Waals surface area contributed by atoms with Gasteiger partial charge in [0.25, 0.3) is 11.8 Å². The summed E-state index contributed by atoms with van der Waals surface area (Å²) in [4.78, 5) is 35.9. The minimum atomic E-state index is -1.15. The molecule has 188 valence electrons. The lowest BCUT2D eigenvalue weighted by Gasteiger charge is -2.13. The molecule has 0 aliphatic heterocycles. The van der Waals surface area contributed by atoms with Crippen molar-refractivity contribution in [3.8, 4) is 17.6 Å². The largest absolute Gasteiger partial charge is 0.493 e. The summed E-state index contributed by atoms with van der Waals surface area (Å²) in [6.07, 6.45) is 1.31. The van der Waals surface area contributed by atoms with Crippen molar-refractivity contribution in [2.75, 3.05) is 24.4 Å². The van der Waals surface area contributed by atoms with Gasteiger partial charge in [-0.3, -0.25) is 9.59 Å². The maximum Gasteiger partial charge on any atom is 0.335 e. The molecule has 0 radical (unpaired) electrons.